The third-order valence-corrected chi connectivity index (χ3v) is 4.61. The van der Waals surface area contributed by atoms with Gasteiger partial charge in [0.1, 0.15) is 5.82 Å². The van der Waals surface area contributed by atoms with E-state index in [1.165, 1.54) is 0 Å². The first-order valence-corrected chi connectivity index (χ1v) is 8.80. The smallest absolute Gasteiger partial charge is 0.256 e. The molecule has 2 N–H and O–H groups in total. The van der Waals surface area contributed by atoms with Crippen LogP contribution in [0.3, 0.4) is 0 Å². The molecule has 4 rings (SSSR count). The Morgan fingerprint density at radius 2 is 1.96 bits per heavy atom. The van der Waals surface area contributed by atoms with E-state index in [0.717, 1.165) is 9.09 Å². The highest BCUT2D eigenvalue weighted by molar-refractivity contribution is 14.1. The summed E-state index contributed by atoms with van der Waals surface area (Å²) in [5.41, 5.74) is 1.32. The minimum Gasteiger partial charge on any atom is -0.377 e. The number of ether oxygens (including phenoxy) is 1. The van der Waals surface area contributed by atoms with Gasteiger partial charge in [0.2, 0.25) is 5.95 Å². The highest BCUT2D eigenvalue weighted by Crippen LogP contribution is 2.25. The van der Waals surface area contributed by atoms with Crippen LogP contribution in [0.5, 0.6) is 0 Å². The van der Waals surface area contributed by atoms with Crippen molar-refractivity contribution in [3.8, 4) is 0 Å². The van der Waals surface area contributed by atoms with E-state index in [4.69, 9.17) is 4.74 Å². The molecule has 1 saturated heterocycles. The third-order valence-electron chi connectivity index (χ3n) is 3.82. The lowest BCUT2D eigenvalue weighted by atomic mass is 10.2. The molecule has 0 saturated carbocycles. The zero-order chi connectivity index (χ0) is 17.2. The predicted octanol–water partition coefficient (Wildman–Crippen LogP) is 2.69. The zero-order valence-electron chi connectivity index (χ0n) is 13.1. The molecular weight excluding hydrogens is 433 g/mol. The van der Waals surface area contributed by atoms with E-state index < -0.39 is 0 Å². The Morgan fingerprint density at radius 3 is 2.68 bits per heavy atom. The maximum atomic E-state index is 12.4. The van der Waals surface area contributed by atoms with Crippen LogP contribution in [0.4, 0.5) is 11.8 Å². The maximum absolute atomic E-state index is 12.4. The summed E-state index contributed by atoms with van der Waals surface area (Å²) >= 11 is 2.18. The summed E-state index contributed by atoms with van der Waals surface area (Å²) in [6.45, 7) is 1.32. The number of halogens is 1. The minimum atomic E-state index is -0.218. The summed E-state index contributed by atoms with van der Waals surface area (Å²) in [5, 5.41) is 6.76. The van der Waals surface area contributed by atoms with E-state index in [1.807, 2.05) is 18.2 Å². The Labute approximate surface area is 157 Å². The molecule has 3 aromatic rings. The quantitative estimate of drug-likeness (QED) is 0.599. The fraction of sp³-hybridized carbons (Fsp3) is 0.176. The number of hydrogen-bond donors (Lipinski definition) is 2. The first-order valence-electron chi connectivity index (χ1n) is 7.72. The topological polar surface area (TPSA) is 89.0 Å². The summed E-state index contributed by atoms with van der Waals surface area (Å²) in [4.78, 5) is 25.6. The van der Waals surface area contributed by atoms with Gasteiger partial charge in [0, 0.05) is 18.0 Å². The second-order valence-electron chi connectivity index (χ2n) is 5.61. The predicted molar refractivity (Wildman–Crippen MR) is 103 cm³/mol. The van der Waals surface area contributed by atoms with E-state index in [9.17, 15) is 4.79 Å². The molecule has 0 atom stereocenters. The number of nitrogens with zero attached hydrogens (tertiary/aromatic N) is 3. The van der Waals surface area contributed by atoms with Gasteiger partial charge < -0.3 is 15.4 Å². The Morgan fingerprint density at radius 1 is 1.16 bits per heavy atom. The fourth-order valence-corrected chi connectivity index (χ4v) is 2.98. The van der Waals surface area contributed by atoms with E-state index in [-0.39, 0.29) is 11.9 Å². The van der Waals surface area contributed by atoms with Crippen LogP contribution in [-0.2, 0) is 4.74 Å². The number of benzene rings is 1. The van der Waals surface area contributed by atoms with Gasteiger partial charge in [0.05, 0.1) is 33.7 Å². The molecule has 8 heteroatoms. The molecule has 0 spiro atoms. The number of fused-ring (bicyclic) bond motifs is 1. The first kappa shape index (κ1) is 16.2. The molecule has 1 aromatic carbocycles. The van der Waals surface area contributed by atoms with Crippen LogP contribution in [0, 0.1) is 3.57 Å². The summed E-state index contributed by atoms with van der Waals surface area (Å²) in [7, 11) is 0. The van der Waals surface area contributed by atoms with Crippen molar-refractivity contribution in [1.82, 2.24) is 15.0 Å². The van der Waals surface area contributed by atoms with Crippen LogP contribution < -0.4 is 10.6 Å². The number of anilines is 2. The van der Waals surface area contributed by atoms with Crippen molar-refractivity contribution in [1.29, 1.82) is 0 Å². The second-order valence-corrected chi connectivity index (χ2v) is 6.77. The van der Waals surface area contributed by atoms with E-state index in [1.54, 1.807) is 24.5 Å². The van der Waals surface area contributed by atoms with Gasteiger partial charge in [-0.1, -0.05) is 18.2 Å². The molecule has 1 aliphatic heterocycles. The number of carbonyl (C=O) groups is 1. The molecule has 126 valence electrons. The number of nitrogens with one attached hydrogen (secondary N) is 2. The van der Waals surface area contributed by atoms with Crippen molar-refractivity contribution < 1.29 is 9.53 Å². The van der Waals surface area contributed by atoms with Crippen molar-refractivity contribution in [2.75, 3.05) is 23.8 Å². The van der Waals surface area contributed by atoms with Gasteiger partial charge in [-0.05, 0) is 34.7 Å². The highest BCUT2D eigenvalue weighted by atomic mass is 127. The van der Waals surface area contributed by atoms with Crippen LogP contribution in [-0.4, -0.2) is 40.1 Å². The molecule has 1 amide bonds. The molecular formula is C17H14IN5O2. The number of aromatic nitrogens is 3. The number of pyridine rings is 1. The van der Waals surface area contributed by atoms with Gasteiger partial charge in [-0.2, -0.15) is 0 Å². The minimum absolute atomic E-state index is 0.218. The number of amides is 1. The number of carbonyl (C=O) groups excluding carboxylic acids is 1. The SMILES string of the molecule is O=C(Nc1ncc(I)c2nc(NC3COC3)ncc12)c1ccccc1. The monoisotopic (exact) mass is 447 g/mol. The van der Waals surface area contributed by atoms with Gasteiger partial charge in [-0.25, -0.2) is 15.0 Å². The Bertz CT molecular complexity index is 931. The van der Waals surface area contributed by atoms with E-state index in [2.05, 4.69) is 48.2 Å². The lowest BCUT2D eigenvalue weighted by Gasteiger charge is -2.26. The number of hydrogen-bond acceptors (Lipinski definition) is 6. The molecule has 0 bridgehead atoms. The first-order chi connectivity index (χ1) is 12.2. The molecule has 3 heterocycles. The van der Waals surface area contributed by atoms with Crippen LogP contribution >= 0.6 is 22.6 Å². The molecule has 0 aliphatic carbocycles. The summed E-state index contributed by atoms with van der Waals surface area (Å²) < 4.78 is 6.04. The summed E-state index contributed by atoms with van der Waals surface area (Å²) in [6.07, 6.45) is 3.37. The zero-order valence-corrected chi connectivity index (χ0v) is 15.2. The molecule has 1 fully saturated rings. The van der Waals surface area contributed by atoms with Crippen LogP contribution in [0.15, 0.2) is 42.7 Å². The van der Waals surface area contributed by atoms with Crippen molar-refractivity contribution >= 4 is 51.2 Å². The molecule has 2 aromatic heterocycles. The highest BCUT2D eigenvalue weighted by Gasteiger charge is 2.20. The molecule has 25 heavy (non-hydrogen) atoms. The summed E-state index contributed by atoms with van der Waals surface area (Å²) in [6, 6.07) is 9.26. The van der Waals surface area contributed by atoms with Crippen molar-refractivity contribution in [2.24, 2.45) is 0 Å². The molecule has 0 unspecified atom stereocenters. The van der Waals surface area contributed by atoms with Gasteiger partial charge in [0.25, 0.3) is 5.91 Å². The van der Waals surface area contributed by atoms with Crippen molar-refractivity contribution in [2.45, 2.75) is 6.04 Å². The Hall–Kier alpha value is -2.33. The Balaban J connectivity index is 1.65. The second kappa shape index (κ2) is 6.89. The average Bonchev–Trinajstić information content (AvgIpc) is 2.61. The van der Waals surface area contributed by atoms with Crippen LogP contribution in [0.1, 0.15) is 10.4 Å². The molecule has 0 radical (unpaired) electrons. The van der Waals surface area contributed by atoms with Crippen LogP contribution in [0.25, 0.3) is 10.9 Å². The normalized spacial score (nSPS) is 14.1. The summed E-state index contributed by atoms with van der Waals surface area (Å²) in [5.74, 6) is 0.775. The average molecular weight is 447 g/mol. The maximum Gasteiger partial charge on any atom is 0.256 e. The Kier molecular flexibility index (Phi) is 4.45. The van der Waals surface area contributed by atoms with Crippen molar-refractivity contribution in [3.63, 3.8) is 0 Å². The third kappa shape index (κ3) is 3.40. The van der Waals surface area contributed by atoms with Gasteiger partial charge in [-0.3, -0.25) is 4.79 Å². The molecule has 1 aliphatic rings. The lowest BCUT2D eigenvalue weighted by molar-refractivity contribution is 0.0208. The van der Waals surface area contributed by atoms with Gasteiger partial charge in [0.15, 0.2) is 0 Å². The lowest BCUT2D eigenvalue weighted by Crippen LogP contribution is -2.40. The van der Waals surface area contributed by atoms with Gasteiger partial charge in [-0.15, -0.1) is 0 Å². The largest absolute Gasteiger partial charge is 0.377 e. The fourth-order valence-electron chi connectivity index (χ4n) is 2.43. The van der Waals surface area contributed by atoms with E-state index in [0.29, 0.717) is 35.9 Å². The van der Waals surface area contributed by atoms with Crippen LogP contribution in [0.2, 0.25) is 0 Å². The standard InChI is InChI=1S/C17H14IN5O2/c18-13-7-19-15(23-16(24)10-4-2-1-3-5-10)12-6-20-17(22-14(12)13)21-11-8-25-9-11/h1-7,11H,8-9H2,(H,19,23,24)(H,20,21,22). The van der Waals surface area contributed by atoms with Gasteiger partial charge >= 0.3 is 0 Å². The molecule has 7 nitrogen and oxygen atoms in total. The number of rotatable bonds is 4. The van der Waals surface area contributed by atoms with E-state index >= 15 is 0 Å². The van der Waals surface area contributed by atoms with Crippen molar-refractivity contribution in [3.05, 3.63) is 51.9 Å².